The van der Waals surface area contributed by atoms with Crippen LogP contribution in [0, 0.1) is 0 Å². The Bertz CT molecular complexity index is 738. The number of rotatable bonds is 5. The van der Waals surface area contributed by atoms with Crippen molar-refractivity contribution in [2.75, 3.05) is 4.31 Å². The van der Waals surface area contributed by atoms with Crippen molar-refractivity contribution in [3.05, 3.63) is 70.6 Å². The number of nitrogens with zero attached hydrogens (tertiary/aromatic N) is 1. The van der Waals surface area contributed by atoms with Gasteiger partial charge in [0.25, 0.3) is 10.0 Å². The minimum Gasteiger partial charge on any atom is -0.264 e. The van der Waals surface area contributed by atoms with Crippen LogP contribution < -0.4 is 4.31 Å². The van der Waals surface area contributed by atoms with Gasteiger partial charge < -0.3 is 0 Å². The smallest absolute Gasteiger partial charge is 0.257 e. The average Bonchev–Trinajstić information content (AvgIpc) is 2.47. The predicted molar refractivity (Wildman–Crippen MR) is 93.5 cm³/mol. The van der Waals surface area contributed by atoms with Crippen LogP contribution in [0.2, 0.25) is 5.02 Å². The topological polar surface area (TPSA) is 37.4 Å². The van der Waals surface area contributed by atoms with Crippen LogP contribution in [0.3, 0.4) is 0 Å². The lowest BCUT2D eigenvalue weighted by Crippen LogP contribution is -2.35. The highest BCUT2D eigenvalue weighted by atomic mass is 35.5. The maximum Gasteiger partial charge on any atom is 0.257 e. The highest BCUT2D eigenvalue weighted by Crippen LogP contribution is 2.22. The van der Waals surface area contributed by atoms with E-state index in [0.717, 1.165) is 5.56 Å². The van der Waals surface area contributed by atoms with Gasteiger partial charge in [-0.3, -0.25) is 4.31 Å². The fourth-order valence-corrected chi connectivity index (χ4v) is 3.71. The SMILES string of the molecule is CC(C)N(c1ccccc1)S(=O)(=O)/C=C/c1ccc(Cl)cc1. The zero-order valence-corrected chi connectivity index (χ0v) is 14.1. The Morgan fingerprint density at radius 3 is 2.14 bits per heavy atom. The molecule has 0 bridgehead atoms. The van der Waals surface area contributed by atoms with E-state index in [1.807, 2.05) is 32.0 Å². The molecule has 0 aliphatic heterocycles. The van der Waals surface area contributed by atoms with Crippen LogP contribution in [0.25, 0.3) is 6.08 Å². The minimum absolute atomic E-state index is 0.178. The van der Waals surface area contributed by atoms with Crippen molar-refractivity contribution in [2.24, 2.45) is 0 Å². The fourth-order valence-electron chi connectivity index (χ4n) is 2.12. The molecule has 2 aromatic rings. The molecule has 2 aromatic carbocycles. The Hall–Kier alpha value is -1.78. The Morgan fingerprint density at radius 2 is 1.59 bits per heavy atom. The van der Waals surface area contributed by atoms with E-state index in [1.165, 1.54) is 9.71 Å². The van der Waals surface area contributed by atoms with E-state index in [4.69, 9.17) is 11.6 Å². The third kappa shape index (κ3) is 4.12. The summed E-state index contributed by atoms with van der Waals surface area (Å²) in [5, 5.41) is 1.84. The molecule has 0 unspecified atom stereocenters. The molecule has 0 saturated carbocycles. The summed E-state index contributed by atoms with van der Waals surface area (Å²) in [4.78, 5) is 0. The first-order valence-electron chi connectivity index (χ1n) is 6.93. The van der Waals surface area contributed by atoms with E-state index in [2.05, 4.69) is 0 Å². The first-order valence-corrected chi connectivity index (χ1v) is 8.81. The van der Waals surface area contributed by atoms with Crippen molar-refractivity contribution in [3.8, 4) is 0 Å². The first-order chi connectivity index (χ1) is 10.4. The monoisotopic (exact) mass is 335 g/mol. The van der Waals surface area contributed by atoms with Gasteiger partial charge in [0.15, 0.2) is 0 Å². The molecule has 0 aromatic heterocycles. The van der Waals surface area contributed by atoms with Gasteiger partial charge in [-0.05, 0) is 49.8 Å². The molecule has 5 heteroatoms. The van der Waals surface area contributed by atoms with Crippen molar-refractivity contribution in [1.82, 2.24) is 0 Å². The summed E-state index contributed by atoms with van der Waals surface area (Å²) in [7, 11) is -3.56. The standard InChI is InChI=1S/C17H18ClNO2S/c1-14(2)19(17-6-4-3-5-7-17)22(20,21)13-12-15-8-10-16(18)11-9-15/h3-14H,1-2H3/b13-12+. The van der Waals surface area contributed by atoms with E-state index in [9.17, 15) is 8.42 Å². The van der Waals surface area contributed by atoms with Crippen LogP contribution in [-0.2, 0) is 10.0 Å². The molecule has 0 amide bonds. The van der Waals surface area contributed by atoms with Gasteiger partial charge in [-0.1, -0.05) is 41.9 Å². The van der Waals surface area contributed by atoms with Gasteiger partial charge in [0.05, 0.1) is 11.1 Å². The van der Waals surface area contributed by atoms with E-state index < -0.39 is 10.0 Å². The van der Waals surface area contributed by atoms with Crippen LogP contribution in [0.5, 0.6) is 0 Å². The predicted octanol–water partition coefficient (Wildman–Crippen LogP) is 4.56. The van der Waals surface area contributed by atoms with E-state index >= 15 is 0 Å². The number of para-hydroxylation sites is 1. The van der Waals surface area contributed by atoms with Gasteiger partial charge in [-0.25, -0.2) is 8.42 Å². The van der Waals surface area contributed by atoms with Crippen molar-refractivity contribution >= 4 is 33.4 Å². The third-order valence-electron chi connectivity index (χ3n) is 3.06. The molecule has 0 atom stereocenters. The molecule has 2 rings (SSSR count). The molecule has 0 N–H and O–H groups in total. The summed E-state index contributed by atoms with van der Waals surface area (Å²) in [6, 6.07) is 15.9. The third-order valence-corrected chi connectivity index (χ3v) is 4.97. The van der Waals surface area contributed by atoms with E-state index in [0.29, 0.717) is 10.7 Å². The Morgan fingerprint density at radius 1 is 1.00 bits per heavy atom. The van der Waals surface area contributed by atoms with Crippen molar-refractivity contribution in [2.45, 2.75) is 19.9 Å². The maximum atomic E-state index is 12.6. The molecular weight excluding hydrogens is 318 g/mol. The minimum atomic E-state index is -3.56. The van der Waals surface area contributed by atoms with Gasteiger partial charge in [0.2, 0.25) is 0 Å². The Labute approximate surface area is 136 Å². The summed E-state index contributed by atoms with van der Waals surface area (Å²) in [6.45, 7) is 3.70. The molecule has 0 saturated heterocycles. The zero-order valence-electron chi connectivity index (χ0n) is 12.5. The van der Waals surface area contributed by atoms with Crippen molar-refractivity contribution in [3.63, 3.8) is 0 Å². The van der Waals surface area contributed by atoms with E-state index in [1.54, 1.807) is 42.5 Å². The van der Waals surface area contributed by atoms with Gasteiger partial charge in [0.1, 0.15) is 0 Å². The summed E-state index contributed by atoms with van der Waals surface area (Å²) < 4.78 is 26.7. The second kappa shape index (κ2) is 6.99. The average molecular weight is 336 g/mol. The normalized spacial score (nSPS) is 12.0. The van der Waals surface area contributed by atoms with Gasteiger partial charge in [-0.15, -0.1) is 0 Å². The molecule has 0 spiro atoms. The van der Waals surface area contributed by atoms with Gasteiger partial charge >= 0.3 is 0 Å². The summed E-state index contributed by atoms with van der Waals surface area (Å²) in [6.07, 6.45) is 1.57. The highest BCUT2D eigenvalue weighted by Gasteiger charge is 2.22. The lowest BCUT2D eigenvalue weighted by atomic mass is 10.2. The number of halogens is 1. The van der Waals surface area contributed by atoms with Crippen LogP contribution in [-0.4, -0.2) is 14.5 Å². The second-order valence-corrected chi connectivity index (χ2v) is 7.26. The van der Waals surface area contributed by atoms with Crippen LogP contribution in [0.1, 0.15) is 19.4 Å². The largest absolute Gasteiger partial charge is 0.264 e. The van der Waals surface area contributed by atoms with E-state index in [-0.39, 0.29) is 6.04 Å². The quantitative estimate of drug-likeness (QED) is 0.803. The molecule has 0 aliphatic carbocycles. The first kappa shape index (κ1) is 16.6. The fraction of sp³-hybridized carbons (Fsp3) is 0.176. The number of anilines is 1. The van der Waals surface area contributed by atoms with Gasteiger partial charge in [0, 0.05) is 11.1 Å². The molecule has 0 radical (unpaired) electrons. The number of hydrogen-bond acceptors (Lipinski definition) is 2. The summed E-state index contributed by atoms with van der Waals surface area (Å²) in [5.74, 6) is 0. The van der Waals surface area contributed by atoms with Crippen molar-refractivity contribution in [1.29, 1.82) is 0 Å². The zero-order chi connectivity index (χ0) is 16.2. The number of sulfonamides is 1. The molecule has 0 aliphatic rings. The molecule has 3 nitrogen and oxygen atoms in total. The van der Waals surface area contributed by atoms with Crippen LogP contribution in [0.4, 0.5) is 5.69 Å². The van der Waals surface area contributed by atoms with Crippen LogP contribution in [0.15, 0.2) is 60.0 Å². The number of benzene rings is 2. The molecule has 0 heterocycles. The molecule has 116 valence electrons. The Kier molecular flexibility index (Phi) is 5.27. The molecule has 0 fully saturated rings. The van der Waals surface area contributed by atoms with Crippen molar-refractivity contribution < 1.29 is 8.42 Å². The number of hydrogen-bond donors (Lipinski definition) is 0. The summed E-state index contributed by atoms with van der Waals surface area (Å²) >= 11 is 5.82. The maximum absolute atomic E-state index is 12.6. The second-order valence-electron chi connectivity index (χ2n) is 5.12. The lowest BCUT2D eigenvalue weighted by Gasteiger charge is -2.26. The lowest BCUT2D eigenvalue weighted by molar-refractivity contribution is 0.593. The Balaban J connectivity index is 2.32. The highest BCUT2D eigenvalue weighted by molar-refractivity contribution is 7.95. The van der Waals surface area contributed by atoms with Crippen LogP contribution >= 0.6 is 11.6 Å². The summed E-state index contributed by atoms with van der Waals surface area (Å²) in [5.41, 5.74) is 1.43. The molecular formula is C17H18ClNO2S. The van der Waals surface area contributed by atoms with Gasteiger partial charge in [-0.2, -0.15) is 0 Å². The molecule has 22 heavy (non-hydrogen) atoms.